The van der Waals surface area contributed by atoms with Crippen LogP contribution in [0.15, 0.2) is 42.5 Å². The second-order valence-corrected chi connectivity index (χ2v) is 7.74. The van der Waals surface area contributed by atoms with E-state index < -0.39 is 11.2 Å². The van der Waals surface area contributed by atoms with Crippen LogP contribution >= 0.6 is 0 Å². The third-order valence-electron chi connectivity index (χ3n) is 5.67. The van der Waals surface area contributed by atoms with Crippen LogP contribution in [-0.4, -0.2) is 44.0 Å². The largest absolute Gasteiger partial charge is 0.497 e. The van der Waals surface area contributed by atoms with E-state index in [1.807, 2.05) is 19.1 Å². The summed E-state index contributed by atoms with van der Waals surface area (Å²) in [4.78, 5) is 27.1. The molecule has 0 saturated carbocycles. The van der Waals surface area contributed by atoms with Crippen LogP contribution in [0, 0.1) is 11.2 Å². The number of carbonyl (C=O) groups excluding carboxylic acids is 2. The molecule has 160 valence electrons. The first kappa shape index (κ1) is 21.6. The Morgan fingerprint density at radius 1 is 1.07 bits per heavy atom. The van der Waals surface area contributed by atoms with Crippen molar-refractivity contribution in [3.05, 3.63) is 59.4 Å². The molecule has 2 aromatic carbocycles. The van der Waals surface area contributed by atoms with Crippen molar-refractivity contribution in [2.75, 3.05) is 27.3 Å². The maximum absolute atomic E-state index is 13.9. The van der Waals surface area contributed by atoms with E-state index >= 15 is 0 Å². The average Bonchev–Trinajstić information content (AvgIpc) is 2.77. The molecule has 0 radical (unpaired) electrons. The highest BCUT2D eigenvalue weighted by Gasteiger charge is 2.38. The second kappa shape index (κ2) is 9.15. The van der Waals surface area contributed by atoms with E-state index in [2.05, 4.69) is 5.32 Å². The zero-order valence-electron chi connectivity index (χ0n) is 17.5. The first-order valence-electron chi connectivity index (χ1n) is 9.90. The van der Waals surface area contributed by atoms with E-state index in [1.54, 1.807) is 37.3 Å². The average molecular weight is 414 g/mol. The van der Waals surface area contributed by atoms with Gasteiger partial charge in [-0.2, -0.15) is 0 Å². The second-order valence-electron chi connectivity index (χ2n) is 7.74. The number of amides is 2. The van der Waals surface area contributed by atoms with Gasteiger partial charge in [-0.25, -0.2) is 4.39 Å². The summed E-state index contributed by atoms with van der Waals surface area (Å²) >= 11 is 0. The highest BCUT2D eigenvalue weighted by molar-refractivity contribution is 5.94. The van der Waals surface area contributed by atoms with Crippen LogP contribution in [0.4, 0.5) is 4.39 Å². The maximum atomic E-state index is 13.9. The number of likely N-dealkylation sites (tertiary alicyclic amines) is 1. The molecule has 0 unspecified atom stereocenters. The predicted octanol–water partition coefficient (Wildman–Crippen LogP) is 3.40. The number of nitrogens with one attached hydrogen (secondary N) is 1. The molecular formula is C23H27FN2O4. The molecule has 1 heterocycles. The summed E-state index contributed by atoms with van der Waals surface area (Å²) in [6, 6.07) is 11.4. The van der Waals surface area contributed by atoms with Gasteiger partial charge in [0.15, 0.2) is 0 Å². The van der Waals surface area contributed by atoms with Crippen molar-refractivity contribution in [1.82, 2.24) is 10.2 Å². The SMILES string of the molecule is COc1cc(CNC(=O)C2(C)CCN(C(=O)c3ccccc3F)CC2)cc(OC)c1. The number of piperidine rings is 1. The summed E-state index contributed by atoms with van der Waals surface area (Å²) in [6.07, 6.45) is 1.03. The third kappa shape index (κ3) is 4.72. The van der Waals surface area contributed by atoms with E-state index in [0.29, 0.717) is 44.0 Å². The minimum Gasteiger partial charge on any atom is -0.497 e. The van der Waals surface area contributed by atoms with E-state index in [9.17, 15) is 14.0 Å². The number of hydrogen-bond acceptors (Lipinski definition) is 4. The fraction of sp³-hybridized carbons (Fsp3) is 0.391. The molecule has 0 spiro atoms. The minimum absolute atomic E-state index is 0.0672. The zero-order chi connectivity index (χ0) is 21.7. The van der Waals surface area contributed by atoms with E-state index in [1.165, 1.54) is 12.1 Å². The van der Waals surface area contributed by atoms with E-state index in [-0.39, 0.29) is 17.4 Å². The Hall–Kier alpha value is -3.09. The summed E-state index contributed by atoms with van der Waals surface area (Å²) in [5.74, 6) is 0.387. The number of ether oxygens (including phenoxy) is 2. The van der Waals surface area contributed by atoms with Crippen LogP contribution in [0.1, 0.15) is 35.7 Å². The molecule has 0 aromatic heterocycles. The molecule has 1 aliphatic rings. The van der Waals surface area contributed by atoms with Crippen molar-refractivity contribution < 1.29 is 23.5 Å². The third-order valence-corrected chi connectivity index (χ3v) is 5.67. The number of nitrogens with zero attached hydrogens (tertiary/aromatic N) is 1. The molecule has 1 aliphatic heterocycles. The van der Waals surface area contributed by atoms with E-state index in [0.717, 1.165) is 5.56 Å². The Morgan fingerprint density at radius 3 is 2.23 bits per heavy atom. The topological polar surface area (TPSA) is 67.9 Å². The monoisotopic (exact) mass is 414 g/mol. The molecule has 2 amide bonds. The van der Waals surface area contributed by atoms with Gasteiger partial charge in [0.05, 0.1) is 19.8 Å². The van der Waals surface area contributed by atoms with E-state index in [4.69, 9.17) is 9.47 Å². The summed E-state index contributed by atoms with van der Waals surface area (Å²) < 4.78 is 24.4. The quantitative estimate of drug-likeness (QED) is 0.787. The van der Waals surface area contributed by atoms with Crippen molar-refractivity contribution in [3.63, 3.8) is 0 Å². The first-order valence-corrected chi connectivity index (χ1v) is 9.90. The number of halogens is 1. The van der Waals surface area contributed by atoms with Crippen molar-refractivity contribution in [2.45, 2.75) is 26.3 Å². The lowest BCUT2D eigenvalue weighted by Crippen LogP contribution is -2.48. The van der Waals surface area contributed by atoms with Crippen molar-refractivity contribution in [1.29, 1.82) is 0 Å². The fourth-order valence-corrected chi connectivity index (χ4v) is 3.60. The molecular weight excluding hydrogens is 387 g/mol. The van der Waals surface area contributed by atoms with Crippen molar-refractivity contribution in [2.24, 2.45) is 5.41 Å². The molecule has 1 N–H and O–H groups in total. The van der Waals surface area contributed by atoms with Gasteiger partial charge in [-0.05, 0) is 42.7 Å². The van der Waals surface area contributed by atoms with Gasteiger partial charge < -0.3 is 19.7 Å². The van der Waals surface area contributed by atoms with Crippen LogP contribution in [0.25, 0.3) is 0 Å². The van der Waals surface area contributed by atoms with Gasteiger partial charge in [-0.15, -0.1) is 0 Å². The number of benzene rings is 2. The summed E-state index contributed by atoms with van der Waals surface area (Å²) in [6.45, 7) is 3.06. The fourth-order valence-electron chi connectivity index (χ4n) is 3.60. The van der Waals surface area contributed by atoms with Crippen molar-refractivity contribution in [3.8, 4) is 11.5 Å². The Bertz CT molecular complexity index is 901. The van der Waals surface area contributed by atoms with Gasteiger partial charge >= 0.3 is 0 Å². The Labute approximate surface area is 176 Å². The standard InChI is InChI=1S/C23H27FN2O4/c1-23(22(28)25-15-16-12-17(29-2)14-18(13-16)30-3)8-10-26(11-9-23)21(27)19-6-4-5-7-20(19)24/h4-7,12-14H,8-11,15H2,1-3H3,(H,25,28). The molecule has 6 nitrogen and oxygen atoms in total. The molecule has 30 heavy (non-hydrogen) atoms. The van der Waals surface area contributed by atoms with Gasteiger partial charge in [-0.3, -0.25) is 9.59 Å². The van der Waals surface area contributed by atoms with Gasteiger partial charge in [0.25, 0.3) is 5.91 Å². The Kier molecular flexibility index (Phi) is 6.59. The normalized spacial score (nSPS) is 15.4. The van der Waals surface area contributed by atoms with Gasteiger partial charge in [-0.1, -0.05) is 19.1 Å². The Balaban J connectivity index is 1.59. The number of carbonyl (C=O) groups is 2. The number of hydrogen-bond donors (Lipinski definition) is 1. The minimum atomic E-state index is -0.588. The molecule has 0 aliphatic carbocycles. The van der Waals surface area contributed by atoms with Gasteiger partial charge in [0.2, 0.25) is 5.91 Å². The number of methoxy groups -OCH3 is 2. The molecule has 2 aromatic rings. The lowest BCUT2D eigenvalue weighted by molar-refractivity contribution is -0.132. The summed E-state index contributed by atoms with van der Waals surface area (Å²) in [5.41, 5.74) is 0.349. The molecule has 0 bridgehead atoms. The predicted molar refractivity (Wildman–Crippen MR) is 111 cm³/mol. The Morgan fingerprint density at radius 2 is 1.67 bits per heavy atom. The van der Waals surface area contributed by atoms with Crippen LogP contribution in [0.2, 0.25) is 0 Å². The van der Waals surface area contributed by atoms with Crippen LogP contribution in [0.5, 0.6) is 11.5 Å². The first-order chi connectivity index (χ1) is 14.4. The zero-order valence-corrected chi connectivity index (χ0v) is 17.5. The maximum Gasteiger partial charge on any atom is 0.256 e. The van der Waals surface area contributed by atoms with Gasteiger partial charge in [0, 0.05) is 31.1 Å². The summed E-state index contributed by atoms with van der Waals surface area (Å²) in [5, 5.41) is 2.98. The molecule has 1 saturated heterocycles. The molecule has 1 fully saturated rings. The van der Waals surface area contributed by atoms with Crippen LogP contribution < -0.4 is 14.8 Å². The van der Waals surface area contributed by atoms with Crippen molar-refractivity contribution >= 4 is 11.8 Å². The molecule has 7 heteroatoms. The molecule has 3 rings (SSSR count). The van der Waals surface area contributed by atoms with Gasteiger partial charge in [0.1, 0.15) is 17.3 Å². The smallest absolute Gasteiger partial charge is 0.256 e. The summed E-state index contributed by atoms with van der Waals surface area (Å²) in [7, 11) is 3.16. The highest BCUT2D eigenvalue weighted by Crippen LogP contribution is 2.32. The lowest BCUT2D eigenvalue weighted by atomic mass is 9.79. The van der Waals surface area contributed by atoms with Crippen LogP contribution in [-0.2, 0) is 11.3 Å². The molecule has 0 atom stereocenters. The highest BCUT2D eigenvalue weighted by atomic mass is 19.1. The van der Waals surface area contributed by atoms with Crippen LogP contribution in [0.3, 0.4) is 0 Å². The lowest BCUT2D eigenvalue weighted by Gasteiger charge is -2.38. The number of rotatable bonds is 6.